The molecule has 0 amide bonds. The van der Waals surface area contributed by atoms with Gasteiger partial charge in [0.25, 0.3) is 0 Å². The van der Waals surface area contributed by atoms with Gasteiger partial charge in [0.2, 0.25) is 0 Å². The lowest BCUT2D eigenvalue weighted by molar-refractivity contribution is 0.0754. The number of rotatable bonds is 3. The van der Waals surface area contributed by atoms with E-state index in [-0.39, 0.29) is 0 Å². The molecule has 2 rings (SSSR count). The molecule has 0 saturated heterocycles. The molecule has 5 atom stereocenters. The quantitative estimate of drug-likeness (QED) is 0.797. The number of ether oxygens (including phenoxy) is 1. The molecule has 2 saturated carbocycles. The monoisotopic (exact) mass is 225 g/mol. The van der Waals surface area contributed by atoms with Crippen molar-refractivity contribution in [2.24, 2.45) is 11.8 Å². The van der Waals surface area contributed by atoms with Crippen molar-refractivity contribution < 1.29 is 4.74 Å². The van der Waals surface area contributed by atoms with Crippen LogP contribution in [0, 0.1) is 11.8 Å². The normalized spacial score (nSPS) is 44.8. The van der Waals surface area contributed by atoms with E-state index in [0.717, 1.165) is 17.9 Å². The molecule has 16 heavy (non-hydrogen) atoms. The molecule has 2 aliphatic rings. The molecule has 2 aliphatic carbocycles. The Balaban J connectivity index is 1.81. The van der Waals surface area contributed by atoms with E-state index in [1.165, 1.54) is 38.5 Å². The molecule has 0 aliphatic heterocycles. The lowest BCUT2D eigenvalue weighted by Crippen LogP contribution is -2.45. The van der Waals surface area contributed by atoms with Crippen LogP contribution in [0.25, 0.3) is 0 Å². The fourth-order valence-electron chi connectivity index (χ4n) is 3.40. The fourth-order valence-corrected chi connectivity index (χ4v) is 3.40. The highest BCUT2D eigenvalue weighted by molar-refractivity contribution is 4.89. The smallest absolute Gasteiger partial charge is 0.0724 e. The molecule has 0 bridgehead atoms. The van der Waals surface area contributed by atoms with Gasteiger partial charge in [0.05, 0.1) is 6.10 Å². The molecular weight excluding hydrogens is 198 g/mol. The molecule has 0 aromatic carbocycles. The summed E-state index contributed by atoms with van der Waals surface area (Å²) in [6, 6.07) is 1.36. The lowest BCUT2D eigenvalue weighted by Gasteiger charge is -2.35. The fraction of sp³-hybridized carbons (Fsp3) is 1.00. The third kappa shape index (κ3) is 2.78. The minimum Gasteiger partial charge on any atom is -0.380 e. The molecule has 2 fully saturated rings. The van der Waals surface area contributed by atoms with Gasteiger partial charge in [-0.3, -0.25) is 0 Å². The third-order valence-corrected chi connectivity index (χ3v) is 4.80. The molecule has 94 valence electrons. The number of hydrogen-bond donors (Lipinski definition) is 1. The second-order valence-corrected chi connectivity index (χ2v) is 5.94. The summed E-state index contributed by atoms with van der Waals surface area (Å²) >= 11 is 0. The van der Waals surface area contributed by atoms with Crippen molar-refractivity contribution in [3.63, 3.8) is 0 Å². The first-order chi connectivity index (χ1) is 7.70. The summed E-state index contributed by atoms with van der Waals surface area (Å²) in [7, 11) is 1.86. The van der Waals surface area contributed by atoms with Gasteiger partial charge in [0.1, 0.15) is 0 Å². The van der Waals surface area contributed by atoms with Crippen molar-refractivity contribution >= 4 is 0 Å². The van der Waals surface area contributed by atoms with Crippen molar-refractivity contribution in [3.8, 4) is 0 Å². The second kappa shape index (κ2) is 5.50. The number of nitrogens with one attached hydrogen (secondary N) is 1. The van der Waals surface area contributed by atoms with E-state index in [2.05, 4.69) is 19.2 Å². The Morgan fingerprint density at radius 1 is 1.00 bits per heavy atom. The van der Waals surface area contributed by atoms with E-state index in [0.29, 0.717) is 12.1 Å². The largest absolute Gasteiger partial charge is 0.380 e. The zero-order valence-electron chi connectivity index (χ0n) is 11.0. The highest BCUT2D eigenvalue weighted by Crippen LogP contribution is 2.31. The van der Waals surface area contributed by atoms with Crippen molar-refractivity contribution in [2.45, 2.75) is 70.6 Å². The van der Waals surface area contributed by atoms with E-state index in [1.54, 1.807) is 0 Å². The van der Waals surface area contributed by atoms with Crippen LogP contribution >= 0.6 is 0 Å². The van der Waals surface area contributed by atoms with Gasteiger partial charge in [-0.05, 0) is 50.4 Å². The third-order valence-electron chi connectivity index (χ3n) is 4.80. The molecule has 0 heterocycles. The van der Waals surface area contributed by atoms with Crippen LogP contribution in [0.2, 0.25) is 0 Å². The van der Waals surface area contributed by atoms with Gasteiger partial charge in [0.15, 0.2) is 0 Å². The van der Waals surface area contributed by atoms with Crippen LogP contribution in [0.5, 0.6) is 0 Å². The van der Waals surface area contributed by atoms with Crippen molar-refractivity contribution in [1.29, 1.82) is 0 Å². The van der Waals surface area contributed by atoms with Crippen LogP contribution in [0.3, 0.4) is 0 Å². The van der Waals surface area contributed by atoms with Gasteiger partial charge in [-0.25, -0.2) is 0 Å². The topological polar surface area (TPSA) is 21.3 Å². The van der Waals surface area contributed by atoms with Gasteiger partial charge in [0, 0.05) is 19.2 Å². The summed E-state index contributed by atoms with van der Waals surface area (Å²) in [5.74, 6) is 1.80. The first-order valence-corrected chi connectivity index (χ1v) is 6.99. The summed E-state index contributed by atoms with van der Waals surface area (Å²) in [6.07, 6.45) is 8.45. The molecule has 0 aromatic heterocycles. The van der Waals surface area contributed by atoms with E-state index in [1.807, 2.05) is 7.11 Å². The molecule has 2 heteroatoms. The first kappa shape index (κ1) is 12.4. The van der Waals surface area contributed by atoms with Crippen LogP contribution < -0.4 is 5.32 Å². The summed E-state index contributed by atoms with van der Waals surface area (Å²) in [6.45, 7) is 4.80. The lowest BCUT2D eigenvalue weighted by atomic mass is 9.79. The van der Waals surface area contributed by atoms with E-state index >= 15 is 0 Å². The van der Waals surface area contributed by atoms with E-state index in [9.17, 15) is 0 Å². The summed E-state index contributed by atoms with van der Waals surface area (Å²) < 4.78 is 5.55. The molecule has 0 spiro atoms. The second-order valence-electron chi connectivity index (χ2n) is 5.94. The minimum absolute atomic E-state index is 0.467. The predicted molar refractivity (Wildman–Crippen MR) is 67.5 cm³/mol. The molecule has 0 radical (unpaired) electrons. The highest BCUT2D eigenvalue weighted by atomic mass is 16.5. The Kier molecular flexibility index (Phi) is 4.26. The number of methoxy groups -OCH3 is 1. The van der Waals surface area contributed by atoms with Gasteiger partial charge in [-0.2, -0.15) is 0 Å². The van der Waals surface area contributed by atoms with E-state index < -0.39 is 0 Å². The Bertz CT molecular complexity index is 219. The van der Waals surface area contributed by atoms with Gasteiger partial charge >= 0.3 is 0 Å². The van der Waals surface area contributed by atoms with Gasteiger partial charge in [-0.1, -0.05) is 13.8 Å². The standard InChI is InChI=1S/C14H27NO/c1-10-7-8-12(9-11(10)2)15-13-5-4-6-14(13)16-3/h10-15H,4-9H2,1-3H3. The maximum Gasteiger partial charge on any atom is 0.0724 e. The highest BCUT2D eigenvalue weighted by Gasteiger charge is 2.31. The molecule has 2 nitrogen and oxygen atoms in total. The average Bonchev–Trinajstić information content (AvgIpc) is 2.71. The van der Waals surface area contributed by atoms with Crippen LogP contribution in [0.15, 0.2) is 0 Å². The summed E-state index contributed by atoms with van der Waals surface area (Å²) in [5, 5.41) is 3.84. The van der Waals surface area contributed by atoms with Gasteiger partial charge in [-0.15, -0.1) is 0 Å². The molecular formula is C14H27NO. The molecule has 5 unspecified atom stereocenters. The molecule has 1 N–H and O–H groups in total. The Morgan fingerprint density at radius 2 is 1.81 bits per heavy atom. The SMILES string of the molecule is COC1CCCC1NC1CCC(C)C(C)C1. The Hall–Kier alpha value is -0.0800. The van der Waals surface area contributed by atoms with Crippen LogP contribution in [0.1, 0.15) is 52.4 Å². The van der Waals surface area contributed by atoms with Crippen LogP contribution in [0.4, 0.5) is 0 Å². The predicted octanol–water partition coefficient (Wildman–Crippen LogP) is 2.97. The zero-order chi connectivity index (χ0) is 11.5. The van der Waals surface area contributed by atoms with Crippen LogP contribution in [-0.4, -0.2) is 25.3 Å². The molecule has 0 aromatic rings. The summed E-state index contributed by atoms with van der Waals surface area (Å²) in [5.41, 5.74) is 0. The van der Waals surface area contributed by atoms with Crippen molar-refractivity contribution in [3.05, 3.63) is 0 Å². The average molecular weight is 225 g/mol. The van der Waals surface area contributed by atoms with E-state index in [4.69, 9.17) is 4.74 Å². The zero-order valence-corrected chi connectivity index (χ0v) is 11.0. The number of hydrogen-bond acceptors (Lipinski definition) is 2. The van der Waals surface area contributed by atoms with Crippen LogP contribution in [-0.2, 0) is 4.74 Å². The maximum absolute atomic E-state index is 5.55. The first-order valence-electron chi connectivity index (χ1n) is 6.99. The Labute approximate surface area is 100 Å². The maximum atomic E-state index is 5.55. The van der Waals surface area contributed by atoms with Crippen molar-refractivity contribution in [2.75, 3.05) is 7.11 Å². The minimum atomic E-state index is 0.467. The Morgan fingerprint density at radius 3 is 2.50 bits per heavy atom. The van der Waals surface area contributed by atoms with Gasteiger partial charge < -0.3 is 10.1 Å². The van der Waals surface area contributed by atoms with Crippen molar-refractivity contribution in [1.82, 2.24) is 5.32 Å². The summed E-state index contributed by atoms with van der Waals surface area (Å²) in [4.78, 5) is 0.